The molecule has 3 rings (SSSR count). The standard InChI is InChI=1S/C24H25ClN2O4S/c1-3-23(18-9-13-21(31-2)14-10-18)26-24(28)17-27(20-7-5-4-6-8-20)32(29,30)22-15-11-19(25)12-16-22/h4-16,23H,3,17H2,1-2H3,(H,26,28)/t23-/m1/s1. The summed E-state index contributed by atoms with van der Waals surface area (Å²) in [6, 6.07) is 21.6. The zero-order chi connectivity index (χ0) is 23.1. The molecule has 168 valence electrons. The number of nitrogens with zero attached hydrogens (tertiary/aromatic N) is 1. The number of methoxy groups -OCH3 is 1. The van der Waals surface area contributed by atoms with Gasteiger partial charge in [-0.25, -0.2) is 8.42 Å². The molecule has 0 saturated carbocycles. The minimum atomic E-state index is -3.98. The molecule has 0 unspecified atom stereocenters. The monoisotopic (exact) mass is 472 g/mol. The summed E-state index contributed by atoms with van der Waals surface area (Å²) in [4.78, 5) is 13.0. The van der Waals surface area contributed by atoms with Crippen molar-refractivity contribution in [3.05, 3.63) is 89.4 Å². The van der Waals surface area contributed by atoms with Gasteiger partial charge < -0.3 is 10.1 Å². The maximum atomic E-state index is 13.4. The zero-order valence-electron chi connectivity index (χ0n) is 17.9. The molecule has 6 nitrogen and oxygen atoms in total. The molecule has 1 amide bonds. The lowest BCUT2D eigenvalue weighted by atomic mass is 10.0. The van der Waals surface area contributed by atoms with Crippen molar-refractivity contribution in [3.63, 3.8) is 0 Å². The largest absolute Gasteiger partial charge is 0.497 e. The van der Waals surface area contributed by atoms with Crippen molar-refractivity contribution in [1.29, 1.82) is 0 Å². The van der Waals surface area contributed by atoms with E-state index in [9.17, 15) is 13.2 Å². The summed E-state index contributed by atoms with van der Waals surface area (Å²) in [6.45, 7) is 1.59. The van der Waals surface area contributed by atoms with E-state index in [-0.39, 0.29) is 17.5 Å². The van der Waals surface area contributed by atoms with Gasteiger partial charge in [0.15, 0.2) is 0 Å². The highest BCUT2D eigenvalue weighted by Gasteiger charge is 2.28. The van der Waals surface area contributed by atoms with E-state index < -0.39 is 15.9 Å². The third-order valence-electron chi connectivity index (χ3n) is 4.99. The Morgan fingerprint density at radius 2 is 1.62 bits per heavy atom. The van der Waals surface area contributed by atoms with Crippen LogP contribution in [-0.4, -0.2) is 28.0 Å². The van der Waals surface area contributed by atoms with Crippen LogP contribution in [0, 0.1) is 0 Å². The fraction of sp³-hybridized carbons (Fsp3) is 0.208. The molecule has 0 saturated heterocycles. The minimum absolute atomic E-state index is 0.0562. The Hall–Kier alpha value is -3.03. The molecule has 0 aromatic heterocycles. The second-order valence-corrected chi connectivity index (χ2v) is 9.40. The first-order chi connectivity index (χ1) is 15.3. The molecule has 0 aliphatic heterocycles. The first-order valence-corrected chi connectivity index (χ1v) is 11.9. The SMILES string of the molecule is CC[C@@H](NC(=O)CN(c1ccccc1)S(=O)(=O)c1ccc(Cl)cc1)c1ccc(OC)cc1. The molecular formula is C24H25ClN2O4S. The molecule has 0 bridgehead atoms. The Kier molecular flexibility index (Phi) is 7.77. The average Bonchev–Trinajstić information content (AvgIpc) is 2.82. The van der Waals surface area contributed by atoms with Crippen molar-refractivity contribution in [1.82, 2.24) is 5.32 Å². The van der Waals surface area contributed by atoms with Gasteiger partial charge in [-0.1, -0.05) is 48.9 Å². The number of halogens is 1. The van der Waals surface area contributed by atoms with E-state index in [1.807, 2.05) is 31.2 Å². The number of rotatable bonds is 9. The van der Waals surface area contributed by atoms with E-state index >= 15 is 0 Å². The molecule has 3 aromatic rings. The highest BCUT2D eigenvalue weighted by Crippen LogP contribution is 2.25. The zero-order valence-corrected chi connectivity index (χ0v) is 19.4. The highest BCUT2D eigenvalue weighted by atomic mass is 35.5. The minimum Gasteiger partial charge on any atom is -0.497 e. The van der Waals surface area contributed by atoms with Gasteiger partial charge in [-0.2, -0.15) is 0 Å². The number of hydrogen-bond acceptors (Lipinski definition) is 4. The first-order valence-electron chi connectivity index (χ1n) is 10.1. The van der Waals surface area contributed by atoms with Crippen molar-refractivity contribution >= 4 is 33.2 Å². The summed E-state index contributed by atoms with van der Waals surface area (Å²) in [6.07, 6.45) is 0.646. The van der Waals surface area contributed by atoms with Gasteiger partial charge in [-0.3, -0.25) is 9.10 Å². The maximum absolute atomic E-state index is 13.4. The van der Waals surface area contributed by atoms with Crippen LogP contribution in [0.25, 0.3) is 0 Å². The fourth-order valence-electron chi connectivity index (χ4n) is 3.27. The Bertz CT molecular complexity index is 1130. The normalized spacial score (nSPS) is 12.1. The second kappa shape index (κ2) is 10.5. The van der Waals surface area contributed by atoms with Crippen LogP contribution in [0.3, 0.4) is 0 Å². The van der Waals surface area contributed by atoms with Crippen molar-refractivity contribution in [3.8, 4) is 5.75 Å². The summed E-state index contributed by atoms with van der Waals surface area (Å²) >= 11 is 5.91. The smallest absolute Gasteiger partial charge is 0.264 e. The quantitative estimate of drug-likeness (QED) is 0.484. The number of carbonyl (C=O) groups is 1. The lowest BCUT2D eigenvalue weighted by Crippen LogP contribution is -2.42. The fourth-order valence-corrected chi connectivity index (χ4v) is 4.82. The molecule has 1 N–H and O–H groups in total. The van der Waals surface area contributed by atoms with E-state index in [2.05, 4.69) is 5.32 Å². The van der Waals surface area contributed by atoms with Gasteiger partial charge >= 0.3 is 0 Å². The molecule has 3 aromatic carbocycles. The molecule has 0 fully saturated rings. The maximum Gasteiger partial charge on any atom is 0.264 e. The molecule has 0 aliphatic carbocycles. The third-order valence-corrected chi connectivity index (χ3v) is 7.03. The van der Waals surface area contributed by atoms with Crippen LogP contribution in [0.15, 0.2) is 83.8 Å². The van der Waals surface area contributed by atoms with Crippen LogP contribution in [0.2, 0.25) is 5.02 Å². The summed E-state index contributed by atoms with van der Waals surface area (Å²) in [5.74, 6) is 0.313. The van der Waals surface area contributed by atoms with Gasteiger partial charge in [0.1, 0.15) is 12.3 Å². The number of para-hydroxylation sites is 1. The molecule has 0 heterocycles. The third kappa shape index (κ3) is 5.60. The number of hydrogen-bond donors (Lipinski definition) is 1. The topological polar surface area (TPSA) is 75.7 Å². The van der Waals surface area contributed by atoms with Crippen molar-refractivity contribution < 1.29 is 17.9 Å². The van der Waals surface area contributed by atoms with Crippen molar-refractivity contribution in [2.45, 2.75) is 24.3 Å². The van der Waals surface area contributed by atoms with Crippen LogP contribution in [0.5, 0.6) is 5.75 Å². The van der Waals surface area contributed by atoms with Crippen LogP contribution in [0.1, 0.15) is 24.9 Å². The number of nitrogens with one attached hydrogen (secondary N) is 1. The van der Waals surface area contributed by atoms with E-state index in [1.165, 1.54) is 24.3 Å². The average molecular weight is 473 g/mol. The van der Waals surface area contributed by atoms with E-state index in [4.69, 9.17) is 16.3 Å². The number of ether oxygens (including phenoxy) is 1. The Labute approximate surface area is 193 Å². The number of benzene rings is 3. The summed E-state index contributed by atoms with van der Waals surface area (Å²) in [5, 5.41) is 3.38. The molecule has 8 heteroatoms. The Balaban J connectivity index is 1.85. The lowest BCUT2D eigenvalue weighted by Gasteiger charge is -2.25. The number of carbonyl (C=O) groups excluding carboxylic acids is 1. The molecule has 0 radical (unpaired) electrons. The summed E-state index contributed by atoms with van der Waals surface area (Å²) in [5.41, 5.74) is 1.31. The number of amides is 1. The van der Waals surface area contributed by atoms with Gasteiger partial charge in [0.2, 0.25) is 5.91 Å². The second-order valence-electron chi connectivity index (χ2n) is 7.10. The first kappa shape index (κ1) is 23.6. The molecular weight excluding hydrogens is 448 g/mol. The van der Waals surface area contributed by atoms with E-state index in [0.717, 1.165) is 15.6 Å². The number of anilines is 1. The van der Waals surface area contributed by atoms with Crippen molar-refractivity contribution in [2.24, 2.45) is 0 Å². The predicted octanol–water partition coefficient (Wildman–Crippen LogP) is 4.81. The van der Waals surface area contributed by atoms with Crippen LogP contribution in [-0.2, 0) is 14.8 Å². The van der Waals surface area contributed by atoms with Gasteiger partial charge in [0.05, 0.1) is 23.7 Å². The van der Waals surface area contributed by atoms with Crippen LogP contribution >= 0.6 is 11.6 Å². The predicted molar refractivity (Wildman–Crippen MR) is 127 cm³/mol. The van der Waals surface area contributed by atoms with Crippen molar-refractivity contribution in [2.75, 3.05) is 18.0 Å². The summed E-state index contributed by atoms with van der Waals surface area (Å²) in [7, 11) is -2.39. The van der Waals surface area contributed by atoms with Gasteiger partial charge in [0, 0.05) is 5.02 Å². The Morgan fingerprint density at radius 1 is 1.00 bits per heavy atom. The summed E-state index contributed by atoms with van der Waals surface area (Å²) < 4.78 is 33.0. The molecule has 0 spiro atoms. The van der Waals surface area contributed by atoms with E-state index in [0.29, 0.717) is 17.1 Å². The van der Waals surface area contributed by atoms with Gasteiger partial charge in [0.25, 0.3) is 10.0 Å². The molecule has 32 heavy (non-hydrogen) atoms. The van der Waals surface area contributed by atoms with Gasteiger partial charge in [-0.15, -0.1) is 0 Å². The van der Waals surface area contributed by atoms with Crippen LogP contribution < -0.4 is 14.4 Å². The molecule has 0 aliphatic rings. The molecule has 1 atom stereocenters. The van der Waals surface area contributed by atoms with Gasteiger partial charge in [-0.05, 0) is 60.5 Å². The van der Waals surface area contributed by atoms with E-state index in [1.54, 1.807) is 37.4 Å². The van der Waals surface area contributed by atoms with Crippen LogP contribution in [0.4, 0.5) is 5.69 Å². The number of sulfonamides is 1. The lowest BCUT2D eigenvalue weighted by molar-refractivity contribution is -0.120. The Morgan fingerprint density at radius 3 is 2.19 bits per heavy atom. The highest BCUT2D eigenvalue weighted by molar-refractivity contribution is 7.92.